The van der Waals surface area contributed by atoms with Crippen LogP contribution in [0.1, 0.15) is 0 Å². The van der Waals surface area contributed by atoms with E-state index in [1.54, 1.807) is 4.52 Å². The highest BCUT2D eigenvalue weighted by Gasteiger charge is 2.14. The molecule has 4 nitrogen and oxygen atoms in total. The van der Waals surface area contributed by atoms with Crippen LogP contribution in [0.5, 0.6) is 0 Å². The summed E-state index contributed by atoms with van der Waals surface area (Å²) in [5, 5.41) is 14.7. The van der Waals surface area contributed by atoms with Gasteiger partial charge in [-0.2, -0.15) is 9.61 Å². The lowest BCUT2D eigenvalue weighted by atomic mass is 10.2. The van der Waals surface area contributed by atoms with Crippen molar-refractivity contribution in [1.29, 1.82) is 0 Å². The minimum Gasteiger partial charge on any atom is -0.182 e. The lowest BCUT2D eigenvalue weighted by Gasteiger charge is -1.98. The summed E-state index contributed by atoms with van der Waals surface area (Å²) in [6.45, 7) is 0. The number of aromatic nitrogens is 4. The molecule has 22 heavy (non-hydrogen) atoms. The van der Waals surface area contributed by atoms with Crippen LogP contribution in [0, 0.1) is 0 Å². The minimum atomic E-state index is 0.692. The number of hydrogen-bond acceptors (Lipinski definition) is 4. The molecule has 0 fully saturated rings. The topological polar surface area (TPSA) is 43.1 Å². The first kappa shape index (κ1) is 13.9. The van der Waals surface area contributed by atoms with Gasteiger partial charge < -0.3 is 0 Å². The van der Waals surface area contributed by atoms with E-state index < -0.39 is 0 Å². The van der Waals surface area contributed by atoms with Gasteiger partial charge in [0.05, 0.1) is 0 Å². The van der Waals surface area contributed by atoms with Gasteiger partial charge in [-0.25, -0.2) is 0 Å². The smallest absolute Gasteiger partial charge is 0.182 e. The first-order valence-corrected chi connectivity index (χ1v) is 8.43. The molecule has 0 aliphatic rings. The average molecular weight is 392 g/mol. The fourth-order valence-corrected chi connectivity index (χ4v) is 3.49. The second kappa shape index (κ2) is 5.46. The van der Waals surface area contributed by atoms with Crippen molar-refractivity contribution >= 4 is 43.8 Å². The number of hydrogen-bond donors (Lipinski definition) is 0. The summed E-state index contributed by atoms with van der Waals surface area (Å²) in [5.41, 5.74) is 1.98. The maximum absolute atomic E-state index is 5.93. The Hall–Kier alpha value is -1.76. The third kappa shape index (κ3) is 2.43. The second-order valence-corrected chi connectivity index (χ2v) is 6.95. The van der Waals surface area contributed by atoms with Crippen molar-refractivity contribution in [2.45, 2.75) is 0 Å². The van der Waals surface area contributed by atoms with E-state index in [0.717, 1.165) is 25.6 Å². The molecule has 0 saturated carbocycles. The standard InChI is InChI=1S/C15H8BrClN4S/c16-11-3-1-2-10(8-11)14-20-21-13(18-19-15(21)22-14)9-4-6-12(17)7-5-9/h1-8H. The monoisotopic (exact) mass is 390 g/mol. The van der Waals surface area contributed by atoms with Gasteiger partial charge in [0.1, 0.15) is 5.01 Å². The van der Waals surface area contributed by atoms with Crippen molar-refractivity contribution < 1.29 is 0 Å². The van der Waals surface area contributed by atoms with Gasteiger partial charge in [0.2, 0.25) is 4.96 Å². The van der Waals surface area contributed by atoms with Gasteiger partial charge in [0.25, 0.3) is 0 Å². The molecule has 2 aromatic heterocycles. The molecular weight excluding hydrogens is 384 g/mol. The van der Waals surface area contributed by atoms with Gasteiger partial charge in [-0.05, 0) is 36.4 Å². The maximum atomic E-state index is 5.93. The molecule has 0 unspecified atom stereocenters. The fraction of sp³-hybridized carbons (Fsp3) is 0. The van der Waals surface area contributed by atoms with E-state index in [1.807, 2.05) is 48.5 Å². The van der Waals surface area contributed by atoms with E-state index >= 15 is 0 Å². The van der Waals surface area contributed by atoms with Crippen molar-refractivity contribution in [2.75, 3.05) is 0 Å². The van der Waals surface area contributed by atoms with Crippen LogP contribution in [-0.4, -0.2) is 19.8 Å². The maximum Gasteiger partial charge on any atom is 0.235 e. The second-order valence-electron chi connectivity index (χ2n) is 4.64. The van der Waals surface area contributed by atoms with Crippen LogP contribution < -0.4 is 0 Å². The van der Waals surface area contributed by atoms with Gasteiger partial charge in [-0.15, -0.1) is 10.2 Å². The fourth-order valence-electron chi connectivity index (χ4n) is 2.13. The Morgan fingerprint density at radius 2 is 1.82 bits per heavy atom. The van der Waals surface area contributed by atoms with Crippen LogP contribution in [-0.2, 0) is 0 Å². The molecule has 7 heteroatoms. The van der Waals surface area contributed by atoms with E-state index in [-0.39, 0.29) is 0 Å². The Morgan fingerprint density at radius 1 is 1.00 bits per heavy atom. The summed E-state index contributed by atoms with van der Waals surface area (Å²) in [7, 11) is 0. The molecule has 0 aliphatic heterocycles. The number of benzene rings is 2. The first-order valence-electron chi connectivity index (χ1n) is 6.45. The Labute approximate surface area is 143 Å². The van der Waals surface area contributed by atoms with Gasteiger partial charge in [-0.1, -0.05) is 51.0 Å². The molecule has 0 bridgehead atoms. The lowest BCUT2D eigenvalue weighted by Crippen LogP contribution is -1.90. The van der Waals surface area contributed by atoms with Gasteiger partial charge >= 0.3 is 0 Å². The van der Waals surface area contributed by atoms with Gasteiger partial charge in [0.15, 0.2) is 5.82 Å². The van der Waals surface area contributed by atoms with Crippen molar-refractivity contribution in [3.8, 4) is 22.0 Å². The summed E-state index contributed by atoms with van der Waals surface area (Å²) in [6.07, 6.45) is 0. The SMILES string of the molecule is Clc1ccc(-c2nnc3sc(-c4cccc(Br)c4)nn23)cc1. The molecule has 0 amide bonds. The summed E-state index contributed by atoms with van der Waals surface area (Å²) >= 11 is 10.9. The minimum absolute atomic E-state index is 0.692. The molecule has 0 radical (unpaired) electrons. The van der Waals surface area contributed by atoms with Crippen LogP contribution in [0.2, 0.25) is 5.02 Å². The summed E-state index contributed by atoms with van der Waals surface area (Å²) in [4.78, 5) is 0.764. The summed E-state index contributed by atoms with van der Waals surface area (Å²) in [6, 6.07) is 15.5. The molecule has 108 valence electrons. The number of nitrogens with zero attached hydrogens (tertiary/aromatic N) is 4. The molecule has 2 heterocycles. The highest BCUT2D eigenvalue weighted by molar-refractivity contribution is 9.10. The van der Waals surface area contributed by atoms with Gasteiger partial charge in [0, 0.05) is 20.6 Å². The molecule has 0 N–H and O–H groups in total. The van der Waals surface area contributed by atoms with E-state index in [2.05, 4.69) is 31.2 Å². The third-order valence-corrected chi connectivity index (χ3v) is 4.86. The van der Waals surface area contributed by atoms with Crippen LogP contribution in [0.15, 0.2) is 53.0 Å². The number of halogens is 2. The van der Waals surface area contributed by atoms with E-state index in [9.17, 15) is 0 Å². The quantitative estimate of drug-likeness (QED) is 0.486. The van der Waals surface area contributed by atoms with Crippen molar-refractivity contribution in [2.24, 2.45) is 0 Å². The zero-order chi connectivity index (χ0) is 15.1. The first-order chi connectivity index (χ1) is 10.7. The lowest BCUT2D eigenvalue weighted by molar-refractivity contribution is 0.970. The van der Waals surface area contributed by atoms with Crippen LogP contribution in [0.25, 0.3) is 26.9 Å². The van der Waals surface area contributed by atoms with E-state index in [4.69, 9.17) is 11.6 Å². The Balaban J connectivity index is 1.84. The Morgan fingerprint density at radius 3 is 2.59 bits per heavy atom. The van der Waals surface area contributed by atoms with E-state index in [0.29, 0.717) is 10.8 Å². The average Bonchev–Trinajstić information content (AvgIpc) is 3.08. The summed E-state index contributed by atoms with van der Waals surface area (Å²) < 4.78 is 2.79. The normalized spacial score (nSPS) is 11.2. The van der Waals surface area contributed by atoms with E-state index in [1.165, 1.54) is 11.3 Å². The number of rotatable bonds is 2. The van der Waals surface area contributed by atoms with Crippen molar-refractivity contribution in [3.63, 3.8) is 0 Å². The molecule has 0 spiro atoms. The molecule has 4 aromatic rings. The summed E-state index contributed by atoms with van der Waals surface area (Å²) in [5.74, 6) is 0.712. The predicted octanol–water partition coefficient (Wildman–Crippen LogP) is 4.94. The molecule has 2 aromatic carbocycles. The van der Waals surface area contributed by atoms with Crippen LogP contribution in [0.3, 0.4) is 0 Å². The molecule has 0 atom stereocenters. The zero-order valence-electron chi connectivity index (χ0n) is 11.1. The predicted molar refractivity (Wildman–Crippen MR) is 92.2 cm³/mol. The largest absolute Gasteiger partial charge is 0.235 e. The van der Waals surface area contributed by atoms with Crippen molar-refractivity contribution in [3.05, 3.63) is 58.0 Å². The van der Waals surface area contributed by atoms with Gasteiger partial charge in [-0.3, -0.25) is 0 Å². The van der Waals surface area contributed by atoms with Crippen LogP contribution >= 0.6 is 38.9 Å². The Bertz CT molecular complexity index is 961. The zero-order valence-corrected chi connectivity index (χ0v) is 14.2. The number of fused-ring (bicyclic) bond motifs is 1. The molecule has 0 saturated heterocycles. The highest BCUT2D eigenvalue weighted by atomic mass is 79.9. The van der Waals surface area contributed by atoms with Crippen molar-refractivity contribution in [1.82, 2.24) is 19.8 Å². The molecular formula is C15H8BrClN4S. The molecule has 0 aliphatic carbocycles. The van der Waals surface area contributed by atoms with Crippen LogP contribution in [0.4, 0.5) is 0 Å². The highest BCUT2D eigenvalue weighted by Crippen LogP contribution is 2.29. The third-order valence-electron chi connectivity index (χ3n) is 3.16. The Kier molecular flexibility index (Phi) is 3.44. The molecule has 4 rings (SSSR count).